The molecule has 1 unspecified atom stereocenters. The Labute approximate surface area is 77.8 Å². The van der Waals surface area contributed by atoms with Crippen molar-refractivity contribution in [1.29, 1.82) is 0 Å². The Morgan fingerprint density at radius 1 is 1.54 bits per heavy atom. The Hall–Kier alpha value is -0.750. The highest BCUT2D eigenvalue weighted by Gasteiger charge is 2.21. The van der Waals surface area contributed by atoms with E-state index in [0.717, 1.165) is 6.26 Å². The lowest BCUT2D eigenvalue weighted by Gasteiger charge is -2.10. The molecule has 0 saturated heterocycles. The third kappa shape index (κ3) is 4.74. The average molecular weight is 210 g/mol. The van der Waals surface area contributed by atoms with Crippen LogP contribution in [-0.4, -0.2) is 23.5 Å². The first-order chi connectivity index (χ1) is 5.91. The van der Waals surface area contributed by atoms with Gasteiger partial charge in [0.05, 0.1) is 0 Å². The SMILES string of the molecule is CCC(O)=COC(CC)S(=O)(=O)O. The summed E-state index contributed by atoms with van der Waals surface area (Å²) in [4.78, 5) is 0. The molecular weight excluding hydrogens is 196 g/mol. The molecule has 78 valence electrons. The summed E-state index contributed by atoms with van der Waals surface area (Å²) in [6.45, 7) is 3.23. The molecule has 6 heteroatoms. The zero-order valence-corrected chi connectivity index (χ0v) is 8.41. The number of rotatable bonds is 5. The summed E-state index contributed by atoms with van der Waals surface area (Å²) in [5, 5.41) is 8.93. The van der Waals surface area contributed by atoms with E-state index < -0.39 is 15.6 Å². The van der Waals surface area contributed by atoms with Crippen LogP contribution in [0.1, 0.15) is 26.7 Å². The summed E-state index contributed by atoms with van der Waals surface area (Å²) in [6.07, 6.45) is 1.40. The molecule has 0 aliphatic heterocycles. The van der Waals surface area contributed by atoms with Crippen molar-refractivity contribution in [2.45, 2.75) is 32.1 Å². The fourth-order valence-corrected chi connectivity index (χ4v) is 1.23. The Balaban J connectivity index is 4.33. The number of aliphatic hydroxyl groups excluding tert-OH is 1. The van der Waals surface area contributed by atoms with Crippen molar-refractivity contribution in [2.24, 2.45) is 0 Å². The highest BCUT2D eigenvalue weighted by atomic mass is 32.2. The van der Waals surface area contributed by atoms with E-state index in [2.05, 4.69) is 4.74 Å². The van der Waals surface area contributed by atoms with E-state index in [4.69, 9.17) is 9.66 Å². The monoisotopic (exact) mass is 210 g/mol. The van der Waals surface area contributed by atoms with Gasteiger partial charge < -0.3 is 9.84 Å². The summed E-state index contributed by atoms with van der Waals surface area (Å²) in [5.41, 5.74) is -1.30. The van der Waals surface area contributed by atoms with Gasteiger partial charge in [0.25, 0.3) is 0 Å². The molecule has 0 aromatic rings. The standard InChI is InChI=1S/C7H14O5S/c1-3-6(8)5-12-7(4-2)13(9,10)11/h5,7-8H,3-4H2,1-2H3,(H,9,10,11). The van der Waals surface area contributed by atoms with E-state index >= 15 is 0 Å². The molecule has 2 N–H and O–H groups in total. The molecule has 0 aliphatic rings. The first-order valence-corrected chi connectivity index (χ1v) is 5.41. The Morgan fingerprint density at radius 2 is 2.08 bits per heavy atom. The number of hydrogen-bond donors (Lipinski definition) is 2. The molecule has 0 spiro atoms. The molecule has 0 aromatic heterocycles. The predicted octanol–water partition coefficient (Wildman–Crippen LogP) is 1.44. The van der Waals surface area contributed by atoms with E-state index in [-0.39, 0.29) is 12.2 Å². The highest BCUT2D eigenvalue weighted by Crippen LogP contribution is 2.07. The maximum Gasteiger partial charge on any atom is 0.303 e. The number of allylic oxidation sites excluding steroid dienone is 1. The van der Waals surface area contributed by atoms with Gasteiger partial charge in [-0.15, -0.1) is 0 Å². The second-order valence-corrected chi connectivity index (χ2v) is 4.01. The largest absolute Gasteiger partial charge is 0.509 e. The summed E-state index contributed by atoms with van der Waals surface area (Å²) >= 11 is 0. The minimum absolute atomic E-state index is 0.0675. The van der Waals surface area contributed by atoms with Crippen molar-refractivity contribution in [3.05, 3.63) is 12.0 Å². The summed E-state index contributed by atoms with van der Waals surface area (Å²) in [6, 6.07) is 0. The van der Waals surface area contributed by atoms with Crippen molar-refractivity contribution < 1.29 is 22.8 Å². The molecule has 1 atom stereocenters. The van der Waals surface area contributed by atoms with Crippen LogP contribution in [0.3, 0.4) is 0 Å². The fourth-order valence-electron chi connectivity index (χ4n) is 0.615. The zero-order chi connectivity index (χ0) is 10.5. The lowest BCUT2D eigenvalue weighted by atomic mass is 10.4. The van der Waals surface area contributed by atoms with Crippen LogP contribution in [0.15, 0.2) is 12.0 Å². The van der Waals surface area contributed by atoms with Crippen LogP contribution < -0.4 is 0 Å². The van der Waals surface area contributed by atoms with Crippen molar-refractivity contribution >= 4 is 10.1 Å². The van der Waals surface area contributed by atoms with Gasteiger partial charge in [0.2, 0.25) is 5.44 Å². The van der Waals surface area contributed by atoms with E-state index in [9.17, 15) is 8.42 Å². The van der Waals surface area contributed by atoms with Crippen LogP contribution in [0.5, 0.6) is 0 Å². The predicted molar refractivity (Wildman–Crippen MR) is 47.7 cm³/mol. The van der Waals surface area contributed by atoms with E-state index in [0.29, 0.717) is 6.42 Å². The molecule has 0 bridgehead atoms. The molecule has 0 aliphatic carbocycles. The lowest BCUT2D eigenvalue weighted by Crippen LogP contribution is -2.21. The van der Waals surface area contributed by atoms with Crippen molar-refractivity contribution in [2.75, 3.05) is 0 Å². The van der Waals surface area contributed by atoms with Gasteiger partial charge in [-0.2, -0.15) is 8.42 Å². The normalized spacial score (nSPS) is 15.5. The molecule has 0 saturated carbocycles. The van der Waals surface area contributed by atoms with Gasteiger partial charge in [0, 0.05) is 6.42 Å². The second-order valence-electron chi connectivity index (χ2n) is 2.45. The van der Waals surface area contributed by atoms with Gasteiger partial charge in [-0.25, -0.2) is 0 Å². The molecule has 5 nitrogen and oxygen atoms in total. The Morgan fingerprint density at radius 3 is 2.38 bits per heavy atom. The number of aliphatic hydroxyl groups is 1. The van der Waals surface area contributed by atoms with Crippen molar-refractivity contribution in [3.63, 3.8) is 0 Å². The van der Waals surface area contributed by atoms with Crippen molar-refractivity contribution in [1.82, 2.24) is 0 Å². The quantitative estimate of drug-likeness (QED) is 0.529. The van der Waals surface area contributed by atoms with Crippen molar-refractivity contribution in [3.8, 4) is 0 Å². The van der Waals surface area contributed by atoms with E-state index in [1.54, 1.807) is 13.8 Å². The molecule has 13 heavy (non-hydrogen) atoms. The first-order valence-electron chi connectivity index (χ1n) is 3.91. The highest BCUT2D eigenvalue weighted by molar-refractivity contribution is 7.86. The van der Waals surface area contributed by atoms with Crippen LogP contribution in [0.2, 0.25) is 0 Å². The van der Waals surface area contributed by atoms with E-state index in [1.165, 1.54) is 0 Å². The maximum absolute atomic E-state index is 10.6. The maximum atomic E-state index is 10.6. The van der Waals surface area contributed by atoms with Gasteiger partial charge in [-0.1, -0.05) is 13.8 Å². The molecule has 0 fully saturated rings. The van der Waals surface area contributed by atoms with Gasteiger partial charge in [0.1, 0.15) is 12.0 Å². The van der Waals surface area contributed by atoms with Crippen LogP contribution in [0, 0.1) is 0 Å². The van der Waals surface area contributed by atoms with Gasteiger partial charge >= 0.3 is 10.1 Å². The number of hydrogen-bond acceptors (Lipinski definition) is 4. The molecule has 0 radical (unpaired) electrons. The molecule has 0 aromatic carbocycles. The van der Waals surface area contributed by atoms with Crippen LogP contribution in [-0.2, 0) is 14.9 Å². The Bertz CT molecular complexity index is 267. The average Bonchev–Trinajstić information content (AvgIpc) is 2.02. The summed E-state index contributed by atoms with van der Waals surface area (Å²) in [7, 11) is -4.20. The van der Waals surface area contributed by atoms with Crippen LogP contribution >= 0.6 is 0 Å². The number of ether oxygens (including phenoxy) is 1. The molecule has 0 rings (SSSR count). The fraction of sp³-hybridized carbons (Fsp3) is 0.714. The third-order valence-electron chi connectivity index (χ3n) is 1.38. The van der Waals surface area contributed by atoms with Gasteiger partial charge in [-0.3, -0.25) is 4.55 Å². The van der Waals surface area contributed by atoms with Crippen LogP contribution in [0.25, 0.3) is 0 Å². The molecule has 0 heterocycles. The first kappa shape index (κ1) is 12.2. The lowest BCUT2D eigenvalue weighted by molar-refractivity contribution is 0.180. The van der Waals surface area contributed by atoms with Gasteiger partial charge in [-0.05, 0) is 6.42 Å². The minimum Gasteiger partial charge on any atom is -0.509 e. The smallest absolute Gasteiger partial charge is 0.303 e. The zero-order valence-electron chi connectivity index (χ0n) is 7.60. The summed E-state index contributed by atoms with van der Waals surface area (Å²) in [5.74, 6) is -0.0675. The summed E-state index contributed by atoms with van der Waals surface area (Å²) < 4.78 is 34.4. The van der Waals surface area contributed by atoms with E-state index in [1.807, 2.05) is 0 Å². The third-order valence-corrected chi connectivity index (χ3v) is 2.49. The minimum atomic E-state index is -4.20. The molecule has 0 amide bonds. The van der Waals surface area contributed by atoms with Crippen LogP contribution in [0.4, 0.5) is 0 Å². The second kappa shape index (κ2) is 5.08. The molecular formula is C7H14O5S. The topological polar surface area (TPSA) is 83.8 Å². The Kier molecular flexibility index (Phi) is 4.79. The van der Waals surface area contributed by atoms with Gasteiger partial charge in [0.15, 0.2) is 0 Å².